The van der Waals surface area contributed by atoms with Gasteiger partial charge in [0.2, 0.25) is 5.82 Å². The number of likely N-dealkylation sites (N-methyl/N-ethyl adjacent to an activating group) is 1. The molecule has 1 rings (SSSR count). The van der Waals surface area contributed by atoms with Crippen molar-refractivity contribution in [2.75, 3.05) is 30.5 Å². The van der Waals surface area contributed by atoms with Gasteiger partial charge in [0.1, 0.15) is 11.6 Å². The molecule has 0 saturated heterocycles. The summed E-state index contributed by atoms with van der Waals surface area (Å²) in [6.45, 7) is -0.0500. The molecule has 9 heteroatoms. The Morgan fingerprint density at radius 1 is 1.47 bits per heavy atom. The Bertz CT molecular complexity index is 384. The van der Waals surface area contributed by atoms with Gasteiger partial charge in [0, 0.05) is 19.7 Å². The highest BCUT2D eigenvalue weighted by molar-refractivity contribution is 5.48. The van der Waals surface area contributed by atoms with Crippen molar-refractivity contribution in [3.8, 4) is 0 Å². The van der Waals surface area contributed by atoms with Crippen molar-refractivity contribution in [2.45, 2.75) is 6.18 Å². The van der Waals surface area contributed by atoms with Gasteiger partial charge in [-0.05, 0) is 0 Å². The average molecular weight is 251 g/mol. The molecular weight excluding hydrogens is 239 g/mol. The molecule has 0 amide bonds. The standard InChI is InChI=1S/C8H12F3N5O/c1-16(2-3-17)6-4-5(15-12)13-7(14-6)8(9,10)11/h4,17H,2-3,12H2,1H3,(H,13,14,15). The van der Waals surface area contributed by atoms with Crippen molar-refractivity contribution >= 4 is 11.6 Å². The highest BCUT2D eigenvalue weighted by Gasteiger charge is 2.35. The van der Waals surface area contributed by atoms with E-state index in [-0.39, 0.29) is 24.8 Å². The van der Waals surface area contributed by atoms with Gasteiger partial charge in [-0.15, -0.1) is 0 Å². The number of anilines is 2. The van der Waals surface area contributed by atoms with Crippen LogP contribution in [0.25, 0.3) is 0 Å². The molecule has 4 N–H and O–H groups in total. The number of alkyl halides is 3. The van der Waals surface area contributed by atoms with Gasteiger partial charge in [0.25, 0.3) is 0 Å². The third-order valence-electron chi connectivity index (χ3n) is 1.94. The number of nitrogens with two attached hydrogens (primary N) is 1. The molecule has 17 heavy (non-hydrogen) atoms. The summed E-state index contributed by atoms with van der Waals surface area (Å²) in [6, 6.07) is 1.25. The number of nitrogen functional groups attached to an aromatic ring is 1. The summed E-state index contributed by atoms with van der Waals surface area (Å²) in [5.74, 6) is 3.62. The lowest BCUT2D eigenvalue weighted by Gasteiger charge is -2.18. The predicted octanol–water partition coefficient (Wildman–Crippen LogP) is 0.210. The SMILES string of the molecule is CN(CCO)c1cc(NN)nc(C(F)(F)F)n1. The smallest absolute Gasteiger partial charge is 0.395 e. The summed E-state index contributed by atoms with van der Waals surface area (Å²) in [5, 5.41) is 8.71. The molecule has 0 unspecified atom stereocenters. The Kier molecular flexibility index (Phi) is 4.07. The van der Waals surface area contributed by atoms with Crippen LogP contribution in [0.15, 0.2) is 6.07 Å². The fourth-order valence-corrected chi connectivity index (χ4v) is 1.10. The van der Waals surface area contributed by atoms with E-state index in [1.54, 1.807) is 0 Å². The van der Waals surface area contributed by atoms with Gasteiger partial charge < -0.3 is 15.4 Å². The van der Waals surface area contributed by atoms with E-state index in [1.807, 2.05) is 5.43 Å². The number of hydrogen-bond acceptors (Lipinski definition) is 6. The fraction of sp³-hybridized carbons (Fsp3) is 0.500. The van der Waals surface area contributed by atoms with Crippen LogP contribution < -0.4 is 16.2 Å². The Labute approximate surface area is 95.2 Å². The normalized spacial score (nSPS) is 11.4. The maximum absolute atomic E-state index is 12.5. The van der Waals surface area contributed by atoms with Gasteiger partial charge in [0.15, 0.2) is 0 Å². The molecule has 0 bridgehead atoms. The van der Waals surface area contributed by atoms with Crippen LogP contribution in [0.1, 0.15) is 5.82 Å². The van der Waals surface area contributed by atoms with Crippen LogP contribution in [0.2, 0.25) is 0 Å². The maximum atomic E-state index is 12.5. The molecule has 0 atom stereocenters. The van der Waals surface area contributed by atoms with Crippen LogP contribution in [0, 0.1) is 0 Å². The average Bonchev–Trinajstić information content (AvgIpc) is 2.27. The summed E-state index contributed by atoms with van der Waals surface area (Å²) >= 11 is 0. The molecule has 0 fully saturated rings. The van der Waals surface area contributed by atoms with E-state index in [4.69, 9.17) is 10.9 Å². The van der Waals surface area contributed by atoms with Crippen molar-refractivity contribution in [1.82, 2.24) is 9.97 Å². The number of nitrogens with zero attached hydrogens (tertiary/aromatic N) is 3. The highest BCUT2D eigenvalue weighted by atomic mass is 19.4. The van der Waals surface area contributed by atoms with Crippen LogP contribution in [0.4, 0.5) is 24.8 Å². The summed E-state index contributed by atoms with van der Waals surface area (Å²) < 4.78 is 37.4. The zero-order valence-corrected chi connectivity index (χ0v) is 8.99. The number of aromatic nitrogens is 2. The molecule has 96 valence electrons. The molecule has 0 aliphatic rings. The van der Waals surface area contributed by atoms with Crippen molar-refractivity contribution in [3.63, 3.8) is 0 Å². The fourth-order valence-electron chi connectivity index (χ4n) is 1.10. The summed E-state index contributed by atoms with van der Waals surface area (Å²) in [4.78, 5) is 7.92. The highest BCUT2D eigenvalue weighted by Crippen LogP contribution is 2.28. The van der Waals surface area contributed by atoms with E-state index in [9.17, 15) is 13.2 Å². The summed E-state index contributed by atoms with van der Waals surface area (Å²) in [5.41, 5.74) is 2.04. The molecule has 0 radical (unpaired) electrons. The van der Waals surface area contributed by atoms with E-state index < -0.39 is 12.0 Å². The van der Waals surface area contributed by atoms with Gasteiger partial charge in [-0.1, -0.05) is 0 Å². The minimum absolute atomic E-state index is 0.0225. The molecule has 0 spiro atoms. The Morgan fingerprint density at radius 2 is 2.12 bits per heavy atom. The number of hydrogen-bond donors (Lipinski definition) is 3. The van der Waals surface area contributed by atoms with Crippen LogP contribution in [-0.2, 0) is 6.18 Å². The lowest BCUT2D eigenvalue weighted by atomic mass is 10.4. The number of aliphatic hydroxyl groups is 1. The third-order valence-corrected chi connectivity index (χ3v) is 1.94. The zero-order valence-electron chi connectivity index (χ0n) is 8.99. The number of halogens is 3. The number of rotatable bonds is 4. The van der Waals surface area contributed by atoms with Crippen molar-refractivity contribution in [2.24, 2.45) is 5.84 Å². The second-order valence-corrected chi connectivity index (χ2v) is 3.22. The van der Waals surface area contributed by atoms with Crippen molar-refractivity contribution in [3.05, 3.63) is 11.9 Å². The van der Waals surface area contributed by atoms with Crippen LogP contribution in [0.5, 0.6) is 0 Å². The van der Waals surface area contributed by atoms with Gasteiger partial charge in [-0.2, -0.15) is 13.2 Å². The van der Waals surface area contributed by atoms with Gasteiger partial charge >= 0.3 is 6.18 Å². The zero-order chi connectivity index (χ0) is 13.1. The first-order valence-corrected chi connectivity index (χ1v) is 4.63. The molecule has 1 heterocycles. The first kappa shape index (κ1) is 13.5. The van der Waals surface area contributed by atoms with Crippen LogP contribution in [0.3, 0.4) is 0 Å². The molecule has 1 aromatic rings. The van der Waals surface area contributed by atoms with Crippen LogP contribution >= 0.6 is 0 Å². The van der Waals surface area contributed by atoms with E-state index in [0.29, 0.717) is 0 Å². The maximum Gasteiger partial charge on any atom is 0.451 e. The third kappa shape index (κ3) is 3.43. The first-order chi connectivity index (χ1) is 7.88. The van der Waals surface area contributed by atoms with Gasteiger partial charge in [-0.25, -0.2) is 15.8 Å². The second-order valence-electron chi connectivity index (χ2n) is 3.22. The van der Waals surface area contributed by atoms with Gasteiger partial charge in [0.05, 0.1) is 6.61 Å². The largest absolute Gasteiger partial charge is 0.451 e. The number of hydrazine groups is 1. The minimum Gasteiger partial charge on any atom is -0.395 e. The Balaban J connectivity index is 3.14. The quantitative estimate of drug-likeness (QED) is 0.524. The molecule has 0 aliphatic carbocycles. The lowest BCUT2D eigenvalue weighted by Crippen LogP contribution is -2.25. The molecule has 0 aromatic carbocycles. The second kappa shape index (κ2) is 5.15. The minimum atomic E-state index is -4.65. The topological polar surface area (TPSA) is 87.3 Å². The van der Waals surface area contributed by atoms with Crippen LogP contribution in [-0.4, -0.2) is 35.3 Å². The lowest BCUT2D eigenvalue weighted by molar-refractivity contribution is -0.144. The molecule has 1 aromatic heterocycles. The monoisotopic (exact) mass is 251 g/mol. The first-order valence-electron chi connectivity index (χ1n) is 4.63. The molecule has 6 nitrogen and oxygen atoms in total. The molecule has 0 aliphatic heterocycles. The van der Waals surface area contributed by atoms with E-state index in [0.717, 1.165) is 0 Å². The number of aliphatic hydroxyl groups excluding tert-OH is 1. The van der Waals surface area contributed by atoms with E-state index in [1.165, 1.54) is 18.0 Å². The summed E-state index contributed by atoms with van der Waals surface area (Å²) in [6.07, 6.45) is -4.65. The number of nitrogens with one attached hydrogen (secondary N) is 1. The summed E-state index contributed by atoms with van der Waals surface area (Å²) in [7, 11) is 1.50. The molecule has 0 saturated carbocycles. The van der Waals surface area contributed by atoms with Crippen molar-refractivity contribution < 1.29 is 18.3 Å². The Morgan fingerprint density at radius 3 is 2.59 bits per heavy atom. The van der Waals surface area contributed by atoms with E-state index in [2.05, 4.69) is 9.97 Å². The van der Waals surface area contributed by atoms with Crippen molar-refractivity contribution in [1.29, 1.82) is 0 Å². The van der Waals surface area contributed by atoms with Gasteiger partial charge in [-0.3, -0.25) is 0 Å². The predicted molar refractivity (Wildman–Crippen MR) is 55.2 cm³/mol. The molecular formula is C8H12F3N5O. The Hall–Kier alpha value is -1.61. The van der Waals surface area contributed by atoms with E-state index >= 15 is 0 Å².